The lowest BCUT2D eigenvalue weighted by molar-refractivity contribution is -0.110. The highest BCUT2D eigenvalue weighted by atomic mass is 35.5. The van der Waals surface area contributed by atoms with Crippen LogP contribution in [0.2, 0.25) is 5.02 Å². The number of aromatic nitrogens is 1. The van der Waals surface area contributed by atoms with E-state index >= 15 is 0 Å². The quantitative estimate of drug-likeness (QED) is 0.317. The largest absolute Gasteiger partial charge is 0.358 e. The maximum atomic E-state index is 13.7. The summed E-state index contributed by atoms with van der Waals surface area (Å²) in [5, 5.41) is 2.93. The third-order valence-corrected chi connectivity index (χ3v) is 6.65. The van der Waals surface area contributed by atoms with E-state index in [1.54, 1.807) is 18.2 Å². The van der Waals surface area contributed by atoms with E-state index in [-0.39, 0.29) is 16.7 Å². The molecule has 2 aromatic carbocycles. The monoisotopic (exact) mass is 479 g/mol. The van der Waals surface area contributed by atoms with Gasteiger partial charge in [-0.15, -0.1) is 0 Å². The predicted molar refractivity (Wildman–Crippen MR) is 136 cm³/mol. The Balaban J connectivity index is 1.79. The summed E-state index contributed by atoms with van der Waals surface area (Å²) in [6, 6.07) is 10.1. The Morgan fingerprint density at radius 1 is 1.15 bits per heavy atom. The molecule has 1 aliphatic rings. The molecule has 3 aromatic rings. The average molecular weight is 480 g/mol. The van der Waals surface area contributed by atoms with E-state index in [1.165, 1.54) is 6.07 Å². The zero-order valence-electron chi connectivity index (χ0n) is 19.7. The van der Waals surface area contributed by atoms with Gasteiger partial charge in [-0.3, -0.25) is 14.5 Å². The van der Waals surface area contributed by atoms with Crippen LogP contribution in [-0.4, -0.2) is 41.2 Å². The molecule has 1 aliphatic heterocycles. The highest BCUT2D eigenvalue weighted by Gasteiger charge is 2.28. The van der Waals surface area contributed by atoms with Crippen molar-refractivity contribution < 1.29 is 14.0 Å². The smallest absolute Gasteiger partial charge is 0.256 e. The molecule has 4 rings (SSSR count). The molecular formula is C27H27ClFN3O2. The maximum absolute atomic E-state index is 13.7. The number of ketones is 1. The number of carbonyl (C=O) groups excluding carboxylic acids is 2. The molecule has 0 bridgehead atoms. The number of nitrogens with one attached hydrogen (secondary N) is 2. The van der Waals surface area contributed by atoms with Gasteiger partial charge in [0.1, 0.15) is 5.82 Å². The van der Waals surface area contributed by atoms with Crippen LogP contribution in [0.3, 0.4) is 0 Å². The van der Waals surface area contributed by atoms with E-state index in [2.05, 4.69) is 15.2 Å². The number of carbonyl (C=O) groups is 2. The normalized spacial score (nSPS) is 14.1. The van der Waals surface area contributed by atoms with Crippen molar-refractivity contribution in [2.45, 2.75) is 27.7 Å². The van der Waals surface area contributed by atoms with Gasteiger partial charge in [0.15, 0.2) is 5.78 Å². The summed E-state index contributed by atoms with van der Waals surface area (Å²) in [5.41, 5.74) is 6.30. The number of rotatable bonds is 7. The van der Waals surface area contributed by atoms with Crippen molar-refractivity contribution in [1.29, 1.82) is 0 Å². The number of hydrogen-bond acceptors (Lipinski definition) is 3. The second kappa shape index (κ2) is 9.57. The van der Waals surface area contributed by atoms with Gasteiger partial charge in [-0.2, -0.15) is 0 Å². The van der Waals surface area contributed by atoms with Gasteiger partial charge in [0.05, 0.1) is 17.1 Å². The Kier molecular flexibility index (Phi) is 6.73. The molecule has 5 nitrogen and oxygen atoms in total. The Bertz CT molecular complexity index is 1320. The fourth-order valence-electron chi connectivity index (χ4n) is 4.50. The van der Waals surface area contributed by atoms with Crippen molar-refractivity contribution in [3.8, 4) is 11.1 Å². The third-order valence-electron chi connectivity index (χ3n) is 6.36. The van der Waals surface area contributed by atoms with Crippen LogP contribution >= 0.6 is 11.6 Å². The molecule has 1 aromatic heterocycles. The van der Waals surface area contributed by atoms with Crippen LogP contribution in [0.5, 0.6) is 0 Å². The summed E-state index contributed by atoms with van der Waals surface area (Å²) in [6.07, 6.45) is 1.78. The molecule has 176 valence electrons. The molecule has 0 spiro atoms. The minimum absolute atomic E-state index is 0.0186. The van der Waals surface area contributed by atoms with Crippen molar-refractivity contribution in [2.75, 3.05) is 25.0 Å². The summed E-state index contributed by atoms with van der Waals surface area (Å²) in [6.45, 7) is 9.78. The molecule has 0 fully saturated rings. The van der Waals surface area contributed by atoms with Crippen molar-refractivity contribution in [3.63, 3.8) is 0 Å². The van der Waals surface area contributed by atoms with E-state index in [4.69, 9.17) is 11.6 Å². The first-order chi connectivity index (χ1) is 16.2. The van der Waals surface area contributed by atoms with Gasteiger partial charge in [-0.1, -0.05) is 43.6 Å². The summed E-state index contributed by atoms with van der Waals surface area (Å²) < 4.78 is 13.7. The summed E-state index contributed by atoms with van der Waals surface area (Å²) in [5.74, 6) is -0.682. The first-order valence-corrected chi connectivity index (χ1v) is 11.7. The van der Waals surface area contributed by atoms with E-state index < -0.39 is 5.82 Å². The molecule has 0 atom stereocenters. The SMILES string of the molecule is CCN(CC)CC(=O)c1c(C)[nH]c(C=C2C(=O)Nc3cccc(-c4ccc(F)c(Cl)c4)c32)c1C. The van der Waals surface area contributed by atoms with Crippen LogP contribution in [0.1, 0.15) is 46.7 Å². The number of nitrogens with zero attached hydrogens (tertiary/aromatic N) is 1. The van der Waals surface area contributed by atoms with Gasteiger partial charge in [-0.25, -0.2) is 4.39 Å². The molecule has 1 amide bonds. The van der Waals surface area contributed by atoms with Gasteiger partial charge in [0.25, 0.3) is 5.91 Å². The lowest BCUT2D eigenvalue weighted by atomic mass is 9.94. The van der Waals surface area contributed by atoms with Gasteiger partial charge < -0.3 is 10.3 Å². The Hall–Kier alpha value is -3.22. The van der Waals surface area contributed by atoms with Crippen molar-refractivity contribution >= 4 is 40.6 Å². The fourth-order valence-corrected chi connectivity index (χ4v) is 4.68. The predicted octanol–water partition coefficient (Wildman–Crippen LogP) is 6.11. The number of fused-ring (bicyclic) bond motifs is 1. The number of anilines is 1. The van der Waals surface area contributed by atoms with Crippen molar-refractivity contribution in [2.24, 2.45) is 0 Å². The molecule has 34 heavy (non-hydrogen) atoms. The number of H-pyrrole nitrogens is 1. The van der Waals surface area contributed by atoms with Crippen molar-refractivity contribution in [3.05, 3.63) is 75.3 Å². The average Bonchev–Trinajstić information content (AvgIpc) is 3.28. The molecule has 7 heteroatoms. The van der Waals surface area contributed by atoms with Crippen molar-refractivity contribution in [1.82, 2.24) is 9.88 Å². The standard InChI is InChI=1S/C27H27ClFN3O2/c1-5-32(6-2)14-24(33)25-15(3)23(30-16(25)4)13-19-26-18(8-7-9-22(26)31-27(19)34)17-10-11-21(29)20(28)12-17/h7-13,30H,5-6,14H2,1-4H3,(H,31,34). The fraction of sp³-hybridized carbons (Fsp3) is 0.259. The molecule has 0 unspecified atom stereocenters. The van der Waals surface area contributed by atoms with Crippen LogP contribution in [-0.2, 0) is 4.79 Å². The number of hydrogen-bond donors (Lipinski definition) is 2. The van der Waals surface area contributed by atoms with Gasteiger partial charge in [0, 0.05) is 28.2 Å². The minimum Gasteiger partial charge on any atom is -0.358 e. The number of benzene rings is 2. The Labute approximate surface area is 203 Å². The highest BCUT2D eigenvalue weighted by Crippen LogP contribution is 2.41. The number of aromatic amines is 1. The van der Waals surface area contributed by atoms with Gasteiger partial charge in [0.2, 0.25) is 0 Å². The first kappa shape index (κ1) is 23.9. The molecule has 0 aliphatic carbocycles. The first-order valence-electron chi connectivity index (χ1n) is 11.3. The van der Waals surface area contributed by atoms with Gasteiger partial charge >= 0.3 is 0 Å². The van der Waals surface area contributed by atoms with Gasteiger partial charge in [-0.05, 0) is 67.9 Å². The van der Waals surface area contributed by atoms with Crippen LogP contribution in [0.25, 0.3) is 22.8 Å². The molecule has 0 radical (unpaired) electrons. The van der Waals surface area contributed by atoms with E-state index in [9.17, 15) is 14.0 Å². The number of Topliss-reactive ketones (excluding diaryl/α,β-unsaturated/α-hetero) is 1. The zero-order chi connectivity index (χ0) is 24.6. The van der Waals surface area contributed by atoms with E-state index in [0.29, 0.717) is 34.6 Å². The molecule has 0 saturated carbocycles. The lowest BCUT2D eigenvalue weighted by Crippen LogP contribution is -2.29. The van der Waals surface area contributed by atoms with Crippen LogP contribution in [0.4, 0.5) is 10.1 Å². The van der Waals surface area contributed by atoms with Crippen LogP contribution in [0.15, 0.2) is 36.4 Å². The Morgan fingerprint density at radius 3 is 2.56 bits per heavy atom. The zero-order valence-corrected chi connectivity index (χ0v) is 20.4. The third kappa shape index (κ3) is 4.31. The Morgan fingerprint density at radius 2 is 1.88 bits per heavy atom. The van der Waals surface area contributed by atoms with E-state index in [0.717, 1.165) is 35.5 Å². The minimum atomic E-state index is -0.498. The molecule has 2 N–H and O–H groups in total. The molecular weight excluding hydrogens is 453 g/mol. The topological polar surface area (TPSA) is 65.2 Å². The number of likely N-dealkylation sites (N-methyl/N-ethyl adjacent to an activating group) is 1. The van der Waals surface area contributed by atoms with E-state index in [1.807, 2.05) is 45.9 Å². The van der Waals surface area contributed by atoms with Crippen LogP contribution < -0.4 is 5.32 Å². The number of halogens is 2. The number of aryl methyl sites for hydroxylation is 1. The number of amides is 1. The molecule has 0 saturated heterocycles. The summed E-state index contributed by atoms with van der Waals surface area (Å²) in [4.78, 5) is 31.3. The highest BCUT2D eigenvalue weighted by molar-refractivity contribution is 6.36. The summed E-state index contributed by atoms with van der Waals surface area (Å²) in [7, 11) is 0. The second-order valence-electron chi connectivity index (χ2n) is 8.42. The van der Waals surface area contributed by atoms with Crippen LogP contribution in [0, 0.1) is 19.7 Å². The summed E-state index contributed by atoms with van der Waals surface area (Å²) >= 11 is 6.02. The maximum Gasteiger partial charge on any atom is 0.256 e. The molecule has 2 heterocycles. The second-order valence-corrected chi connectivity index (χ2v) is 8.82. The lowest BCUT2D eigenvalue weighted by Gasteiger charge is -2.17.